The smallest absolute Gasteiger partial charge is 0.253 e. The zero-order valence-electron chi connectivity index (χ0n) is 9.10. The molecule has 1 aliphatic rings. The van der Waals surface area contributed by atoms with E-state index in [1.807, 2.05) is 6.92 Å². The van der Waals surface area contributed by atoms with E-state index < -0.39 is 12.5 Å². The normalized spacial score (nSPS) is 23.8. The zero-order chi connectivity index (χ0) is 10.6. The minimum Gasteiger partial charge on any atom is -0.306 e. The summed E-state index contributed by atoms with van der Waals surface area (Å²) >= 11 is 0. The van der Waals surface area contributed by atoms with Crippen LogP contribution in [0, 0.1) is 5.92 Å². The molecule has 0 spiro atoms. The molecule has 1 nitrogen and oxygen atoms in total. The van der Waals surface area contributed by atoms with Crippen LogP contribution in [0.25, 0.3) is 0 Å². The lowest BCUT2D eigenvalue weighted by atomic mass is 9.84. The first-order chi connectivity index (χ1) is 6.61. The van der Waals surface area contributed by atoms with Gasteiger partial charge in [-0.3, -0.25) is 0 Å². The Morgan fingerprint density at radius 1 is 1.07 bits per heavy atom. The molecule has 14 heavy (non-hydrogen) atoms. The molecule has 0 radical (unpaired) electrons. The molecular formula is C11H21F2N. The lowest BCUT2D eigenvalue weighted by Crippen LogP contribution is -2.43. The second kappa shape index (κ2) is 5.64. The van der Waals surface area contributed by atoms with Crippen molar-refractivity contribution in [2.45, 2.75) is 64.5 Å². The van der Waals surface area contributed by atoms with E-state index in [-0.39, 0.29) is 6.04 Å². The van der Waals surface area contributed by atoms with Crippen molar-refractivity contribution in [3.8, 4) is 0 Å². The Hall–Kier alpha value is -0.180. The molecule has 1 rings (SSSR count). The topological polar surface area (TPSA) is 12.0 Å². The molecule has 0 heterocycles. The van der Waals surface area contributed by atoms with E-state index >= 15 is 0 Å². The van der Waals surface area contributed by atoms with Crippen LogP contribution in [0.3, 0.4) is 0 Å². The van der Waals surface area contributed by atoms with Gasteiger partial charge in [-0.05, 0) is 32.6 Å². The maximum atomic E-state index is 12.3. The lowest BCUT2D eigenvalue weighted by Gasteiger charge is -2.30. The summed E-state index contributed by atoms with van der Waals surface area (Å²) in [6.45, 7) is 3.60. The van der Waals surface area contributed by atoms with Gasteiger partial charge in [0, 0.05) is 6.04 Å². The van der Waals surface area contributed by atoms with Gasteiger partial charge in [-0.1, -0.05) is 19.3 Å². The largest absolute Gasteiger partial charge is 0.306 e. The van der Waals surface area contributed by atoms with Gasteiger partial charge in [0.15, 0.2) is 0 Å². The number of halogens is 2. The molecule has 1 N–H and O–H groups in total. The van der Waals surface area contributed by atoms with Gasteiger partial charge in [0.1, 0.15) is 0 Å². The van der Waals surface area contributed by atoms with Gasteiger partial charge < -0.3 is 5.32 Å². The van der Waals surface area contributed by atoms with Crippen LogP contribution in [0.4, 0.5) is 8.78 Å². The first-order valence-electron chi connectivity index (χ1n) is 5.65. The zero-order valence-corrected chi connectivity index (χ0v) is 9.10. The highest BCUT2D eigenvalue weighted by atomic mass is 19.3. The third-order valence-corrected chi connectivity index (χ3v) is 3.26. The van der Waals surface area contributed by atoms with E-state index in [9.17, 15) is 8.78 Å². The summed E-state index contributed by atoms with van der Waals surface area (Å²) < 4.78 is 24.6. The van der Waals surface area contributed by atoms with E-state index in [4.69, 9.17) is 0 Å². The maximum Gasteiger partial charge on any atom is 0.253 e. The molecule has 1 fully saturated rings. The number of hydrogen-bond donors (Lipinski definition) is 1. The number of alkyl halides is 2. The molecular weight excluding hydrogens is 184 g/mol. The molecule has 84 valence electrons. The molecule has 0 bridgehead atoms. The van der Waals surface area contributed by atoms with Gasteiger partial charge >= 0.3 is 0 Å². The van der Waals surface area contributed by atoms with Crippen LogP contribution in [-0.2, 0) is 0 Å². The third-order valence-electron chi connectivity index (χ3n) is 3.26. The fraction of sp³-hybridized carbons (Fsp3) is 1.00. The van der Waals surface area contributed by atoms with Crippen molar-refractivity contribution in [3.05, 3.63) is 0 Å². The van der Waals surface area contributed by atoms with Gasteiger partial charge in [0.25, 0.3) is 6.43 Å². The van der Waals surface area contributed by atoms with Crippen LogP contribution in [0.15, 0.2) is 0 Å². The van der Waals surface area contributed by atoms with Crippen molar-refractivity contribution in [1.29, 1.82) is 0 Å². The van der Waals surface area contributed by atoms with Gasteiger partial charge in [0.2, 0.25) is 0 Å². The van der Waals surface area contributed by atoms with Crippen molar-refractivity contribution in [1.82, 2.24) is 5.32 Å². The minimum absolute atomic E-state index is 0.235. The highest BCUT2D eigenvalue weighted by Crippen LogP contribution is 2.26. The summed E-state index contributed by atoms with van der Waals surface area (Å²) in [5.41, 5.74) is 0. The summed E-state index contributed by atoms with van der Waals surface area (Å²) in [6.07, 6.45) is 3.99. The third kappa shape index (κ3) is 3.52. The van der Waals surface area contributed by atoms with Crippen molar-refractivity contribution in [2.24, 2.45) is 5.92 Å². The Bertz CT molecular complexity index is 155. The molecule has 0 aromatic carbocycles. The molecule has 0 aromatic heterocycles. The quantitative estimate of drug-likeness (QED) is 0.743. The van der Waals surface area contributed by atoms with E-state index in [2.05, 4.69) is 5.32 Å². The predicted octanol–water partition coefficient (Wildman–Crippen LogP) is 3.20. The Morgan fingerprint density at radius 2 is 1.64 bits per heavy atom. The molecule has 0 aliphatic heterocycles. The molecule has 1 unspecified atom stereocenters. The van der Waals surface area contributed by atoms with Gasteiger partial charge in [-0.2, -0.15) is 0 Å². The van der Waals surface area contributed by atoms with E-state index in [0.29, 0.717) is 5.92 Å². The average molecular weight is 205 g/mol. The van der Waals surface area contributed by atoms with Crippen molar-refractivity contribution >= 4 is 0 Å². The summed E-state index contributed by atoms with van der Waals surface area (Å²) in [6, 6.07) is -0.439. The number of hydrogen-bond acceptors (Lipinski definition) is 1. The van der Waals surface area contributed by atoms with Crippen LogP contribution in [0.2, 0.25) is 0 Å². The molecule has 1 saturated carbocycles. The van der Waals surface area contributed by atoms with E-state index in [1.54, 1.807) is 6.92 Å². The van der Waals surface area contributed by atoms with Crippen LogP contribution >= 0.6 is 0 Å². The van der Waals surface area contributed by atoms with Gasteiger partial charge in [-0.25, -0.2) is 8.78 Å². The number of rotatable bonds is 4. The first-order valence-corrected chi connectivity index (χ1v) is 5.65. The summed E-state index contributed by atoms with van der Waals surface area (Å²) in [7, 11) is 0. The van der Waals surface area contributed by atoms with Crippen LogP contribution in [-0.4, -0.2) is 18.5 Å². The second-order valence-electron chi connectivity index (χ2n) is 4.48. The van der Waals surface area contributed by atoms with Crippen LogP contribution in [0.5, 0.6) is 0 Å². The van der Waals surface area contributed by atoms with Gasteiger partial charge in [-0.15, -0.1) is 0 Å². The maximum absolute atomic E-state index is 12.3. The Kier molecular flexibility index (Phi) is 4.79. The molecule has 1 aliphatic carbocycles. The van der Waals surface area contributed by atoms with Crippen molar-refractivity contribution in [3.63, 3.8) is 0 Å². The van der Waals surface area contributed by atoms with E-state index in [0.717, 1.165) is 0 Å². The Balaban J connectivity index is 2.28. The van der Waals surface area contributed by atoms with Crippen LogP contribution < -0.4 is 5.32 Å². The first kappa shape index (κ1) is 11.9. The summed E-state index contributed by atoms with van der Waals surface area (Å²) in [5, 5.41) is 3.00. The molecule has 0 saturated heterocycles. The number of nitrogens with one attached hydrogen (secondary N) is 1. The van der Waals surface area contributed by atoms with E-state index in [1.165, 1.54) is 32.1 Å². The fourth-order valence-corrected chi connectivity index (χ4v) is 2.26. The highest BCUT2D eigenvalue weighted by molar-refractivity contribution is 4.78. The minimum atomic E-state index is -2.25. The summed E-state index contributed by atoms with van der Waals surface area (Å²) in [5.74, 6) is 0.602. The predicted molar refractivity (Wildman–Crippen MR) is 54.6 cm³/mol. The SMILES string of the molecule is CC(N[C@@H](C)C1CCCCC1)C(F)F. The average Bonchev–Trinajstić information content (AvgIpc) is 2.19. The standard InChI is InChI=1S/C11H21F2N/c1-8(14-9(2)11(12)13)10-6-4-3-5-7-10/h8-11,14H,3-7H2,1-2H3/t8-,9?/m0/s1. The van der Waals surface area contributed by atoms with Gasteiger partial charge in [0.05, 0.1) is 6.04 Å². The molecule has 2 atom stereocenters. The lowest BCUT2D eigenvalue weighted by molar-refractivity contribution is 0.0932. The highest BCUT2D eigenvalue weighted by Gasteiger charge is 2.23. The molecule has 0 aromatic rings. The van der Waals surface area contributed by atoms with Crippen LogP contribution in [0.1, 0.15) is 46.0 Å². The van der Waals surface area contributed by atoms with Crippen molar-refractivity contribution in [2.75, 3.05) is 0 Å². The monoisotopic (exact) mass is 205 g/mol. The molecule has 3 heteroatoms. The van der Waals surface area contributed by atoms with Crippen molar-refractivity contribution < 1.29 is 8.78 Å². The Morgan fingerprint density at radius 3 is 2.14 bits per heavy atom. The Labute approximate surface area is 85.3 Å². The fourth-order valence-electron chi connectivity index (χ4n) is 2.26. The second-order valence-corrected chi connectivity index (χ2v) is 4.48. The summed E-state index contributed by atoms with van der Waals surface area (Å²) in [4.78, 5) is 0. The molecule has 0 amide bonds.